The maximum Gasteiger partial charge on any atom is 0.169 e. The topological polar surface area (TPSA) is 158 Å². The minimum atomic E-state index is -0.526. The smallest absolute Gasteiger partial charge is 0.169 e. The van der Waals surface area contributed by atoms with Crippen LogP contribution in [0, 0.1) is 34.0 Å². The van der Waals surface area contributed by atoms with Crippen molar-refractivity contribution in [3.8, 4) is 28.7 Å². The van der Waals surface area contributed by atoms with Crippen LogP contribution in [0.4, 0.5) is 0 Å². The first-order valence-electron chi connectivity index (χ1n) is 21.5. The van der Waals surface area contributed by atoms with Crippen molar-refractivity contribution in [2.24, 2.45) is 44.0 Å². The third kappa shape index (κ3) is 5.71. The fourth-order valence-corrected chi connectivity index (χ4v) is 13.2. The van der Waals surface area contributed by atoms with Crippen molar-refractivity contribution < 1.29 is 30.6 Å². The Morgan fingerprint density at radius 2 is 1.53 bits per heavy atom. The molecule has 6 aliphatic rings. The highest BCUT2D eigenvalue weighted by molar-refractivity contribution is 6.35. The first-order chi connectivity index (χ1) is 28.7. The highest BCUT2D eigenvalue weighted by Gasteiger charge is 2.74. The summed E-state index contributed by atoms with van der Waals surface area (Å²) in [6, 6.07) is 18.0. The number of aliphatic imine (C=N–C) groups is 2. The van der Waals surface area contributed by atoms with E-state index in [1.165, 1.54) is 56.7 Å². The molecule has 0 amide bonds. The Labute approximate surface area is 344 Å². The molecule has 0 aromatic heterocycles. The minimum absolute atomic E-state index is 0.00980. The van der Waals surface area contributed by atoms with Gasteiger partial charge in [0.2, 0.25) is 0 Å². The summed E-state index contributed by atoms with van der Waals surface area (Å²) in [5, 5.41) is 70.0. The van der Waals surface area contributed by atoms with Gasteiger partial charge in [-0.2, -0.15) is 0 Å². The largest absolute Gasteiger partial charge is 0.507 e. The van der Waals surface area contributed by atoms with Crippen LogP contribution in [-0.4, -0.2) is 61.4 Å². The zero-order valence-electron chi connectivity index (χ0n) is 33.3. The molecule has 0 saturated heterocycles. The number of benzene rings is 4. The van der Waals surface area contributed by atoms with E-state index >= 15 is 0 Å². The van der Waals surface area contributed by atoms with Gasteiger partial charge in [-0.25, -0.2) is 0 Å². The Balaban J connectivity index is 0.934. The number of phenolic OH excluding ortho intramolecular Hbond substituents is 5. The zero-order valence-corrected chi connectivity index (χ0v) is 33.3. The number of nitrogens with one attached hydrogen (secondary N) is 1. The third-order valence-electron chi connectivity index (χ3n) is 15.6. The molecule has 0 radical (unpaired) electrons. The Bertz CT molecular complexity index is 2470. The third-order valence-corrected chi connectivity index (χ3v) is 15.6. The molecule has 5 aliphatic carbocycles. The molecule has 10 rings (SSSR count). The Kier molecular flexibility index (Phi) is 9.25. The summed E-state index contributed by atoms with van der Waals surface area (Å²) >= 11 is 0. The lowest BCUT2D eigenvalue weighted by Crippen LogP contribution is -2.73. The molecule has 1 unspecified atom stereocenters. The van der Waals surface area contributed by atoms with E-state index in [9.17, 15) is 30.6 Å². The van der Waals surface area contributed by atoms with Crippen LogP contribution in [-0.2, 0) is 19.4 Å². The van der Waals surface area contributed by atoms with E-state index in [1.807, 2.05) is 0 Å². The molecule has 4 aromatic carbocycles. The molecule has 7 N–H and O–H groups in total. The average Bonchev–Trinajstić information content (AvgIpc) is 4.03. The highest BCUT2D eigenvalue weighted by Crippen LogP contribution is 2.76. The van der Waals surface area contributed by atoms with Gasteiger partial charge in [0.1, 0.15) is 12.4 Å². The lowest BCUT2D eigenvalue weighted by atomic mass is 9.35. The molecule has 1 aliphatic heterocycles. The lowest BCUT2D eigenvalue weighted by Gasteiger charge is -2.69. The number of phenols is 5. The number of rotatable bonds is 9. The number of aliphatic hydroxyl groups excluding tert-OH is 1. The summed E-state index contributed by atoms with van der Waals surface area (Å²) in [6.45, 7) is 1.12. The zero-order chi connectivity index (χ0) is 40.5. The van der Waals surface area contributed by atoms with Crippen LogP contribution in [0.5, 0.6) is 28.7 Å². The second kappa shape index (κ2) is 14.4. The molecule has 9 nitrogen and oxygen atoms in total. The van der Waals surface area contributed by atoms with E-state index in [2.05, 4.69) is 60.1 Å². The number of hydrogen-bond donors (Lipinski definition) is 7. The SMILES string of the molecule is Oc1ccc(C=Cc2c(CCc3ccc(CN[C@H]4C=C[C@@H]5CCC[C@@]56CC[C@@]57CCC[C@@H]5C=C[C@H](O)C7[C@]46C4=NCN=C4)cc3)c(O)c(O)c3c(O)cccc23)cc1O. The molecule has 8 atom stereocenters. The lowest BCUT2D eigenvalue weighted by molar-refractivity contribution is -0.165. The normalized spacial score (nSPS) is 31.7. The fourth-order valence-electron chi connectivity index (χ4n) is 13.2. The summed E-state index contributed by atoms with van der Waals surface area (Å²) in [6.07, 6.45) is 24.9. The Morgan fingerprint density at radius 1 is 0.729 bits per heavy atom. The molecule has 3 saturated carbocycles. The summed E-state index contributed by atoms with van der Waals surface area (Å²) in [5.74, 6) is -0.221. The number of aliphatic hydroxyl groups is 1. The monoisotopic (exact) mass is 791 g/mol. The molecular weight excluding hydrogens is 739 g/mol. The molecule has 304 valence electrons. The first kappa shape index (κ1) is 37.9. The second-order valence-electron chi connectivity index (χ2n) is 18.0. The molecule has 1 heterocycles. The summed E-state index contributed by atoms with van der Waals surface area (Å²) in [7, 11) is 0. The van der Waals surface area contributed by atoms with Crippen LogP contribution < -0.4 is 5.32 Å². The molecule has 59 heavy (non-hydrogen) atoms. The molecular formula is C50H53N3O6. The van der Waals surface area contributed by atoms with E-state index < -0.39 is 6.10 Å². The van der Waals surface area contributed by atoms with Crippen molar-refractivity contribution in [1.82, 2.24) is 5.32 Å². The molecule has 2 spiro atoms. The standard InChI is InChI=1S/C50H53N3O6/c54-38-19-14-31(26-41(38)57)13-17-35-36-6-1-7-39(55)44(36)46(59)45(58)37(35)18-12-30-8-10-32(11-9-30)27-52-42-21-16-34-5-3-23-49(34)25-24-48-22-2-4-33(48)15-20-40(56)47(48)50(42,49)43-28-51-29-53-43/h1,6-11,13-17,19-21,26,28,33-34,40,42,47,52,54-59H,2-5,12,18,22-25,27,29H2/t33-,34+,40+,42+,47?,48+,49-,50-/m1/s1. The van der Waals surface area contributed by atoms with Crippen LogP contribution in [0.3, 0.4) is 0 Å². The van der Waals surface area contributed by atoms with E-state index in [-0.39, 0.29) is 62.3 Å². The van der Waals surface area contributed by atoms with Gasteiger partial charge in [0.05, 0.1) is 17.2 Å². The van der Waals surface area contributed by atoms with Gasteiger partial charge < -0.3 is 36.0 Å². The van der Waals surface area contributed by atoms with Gasteiger partial charge in [0.25, 0.3) is 0 Å². The maximum atomic E-state index is 12.2. The summed E-state index contributed by atoms with van der Waals surface area (Å²) in [5.41, 5.74) is 4.84. The van der Waals surface area contributed by atoms with Crippen LogP contribution in [0.15, 0.2) is 95.0 Å². The minimum Gasteiger partial charge on any atom is -0.507 e. The molecule has 0 bridgehead atoms. The van der Waals surface area contributed by atoms with Crippen LogP contribution in [0.25, 0.3) is 22.9 Å². The second-order valence-corrected chi connectivity index (χ2v) is 18.0. The van der Waals surface area contributed by atoms with Gasteiger partial charge in [0.15, 0.2) is 23.0 Å². The van der Waals surface area contributed by atoms with Crippen molar-refractivity contribution in [2.75, 3.05) is 6.67 Å². The quantitative estimate of drug-likeness (QED) is 0.0508. The number of fused-ring (bicyclic) bond motifs is 2. The molecule has 3 fully saturated rings. The summed E-state index contributed by atoms with van der Waals surface area (Å²) < 4.78 is 0. The number of allylic oxidation sites excluding steroid dienone is 2. The van der Waals surface area contributed by atoms with Gasteiger partial charge in [-0.3, -0.25) is 9.98 Å². The van der Waals surface area contributed by atoms with Gasteiger partial charge in [-0.15, -0.1) is 0 Å². The Hall–Kier alpha value is -5.38. The van der Waals surface area contributed by atoms with Gasteiger partial charge in [0, 0.05) is 35.7 Å². The van der Waals surface area contributed by atoms with Crippen molar-refractivity contribution in [2.45, 2.75) is 82.9 Å². The average molecular weight is 792 g/mol. The Morgan fingerprint density at radius 3 is 2.34 bits per heavy atom. The summed E-state index contributed by atoms with van der Waals surface area (Å²) in [4.78, 5) is 9.88. The number of hydrogen-bond acceptors (Lipinski definition) is 9. The van der Waals surface area contributed by atoms with Gasteiger partial charge >= 0.3 is 0 Å². The number of aromatic hydroxyl groups is 5. The van der Waals surface area contributed by atoms with Crippen LogP contribution in [0.1, 0.15) is 79.2 Å². The molecule has 4 aromatic rings. The van der Waals surface area contributed by atoms with Gasteiger partial charge in [-0.1, -0.05) is 91.8 Å². The fraction of sp³-hybridized carbons (Fsp3) is 0.400. The predicted molar refractivity (Wildman–Crippen MR) is 232 cm³/mol. The molecule has 9 heteroatoms. The maximum absolute atomic E-state index is 12.2. The number of nitrogens with zero attached hydrogens (tertiary/aromatic N) is 2. The van der Waals surface area contributed by atoms with E-state index in [0.29, 0.717) is 60.0 Å². The van der Waals surface area contributed by atoms with E-state index in [4.69, 9.17) is 9.98 Å². The van der Waals surface area contributed by atoms with Gasteiger partial charge in [-0.05, 0) is 120 Å². The van der Waals surface area contributed by atoms with Crippen molar-refractivity contribution in [3.63, 3.8) is 0 Å². The number of aryl methyl sites for hydroxylation is 1. The van der Waals surface area contributed by atoms with Crippen LogP contribution >= 0.6 is 0 Å². The van der Waals surface area contributed by atoms with Crippen LogP contribution in [0.2, 0.25) is 0 Å². The van der Waals surface area contributed by atoms with E-state index in [0.717, 1.165) is 29.7 Å². The van der Waals surface area contributed by atoms with Crippen molar-refractivity contribution >= 4 is 34.9 Å². The highest BCUT2D eigenvalue weighted by atomic mass is 16.3. The first-order valence-corrected chi connectivity index (χ1v) is 21.5. The van der Waals surface area contributed by atoms with Crippen molar-refractivity contribution in [3.05, 3.63) is 113 Å². The van der Waals surface area contributed by atoms with E-state index in [1.54, 1.807) is 30.4 Å². The van der Waals surface area contributed by atoms with Crippen molar-refractivity contribution in [1.29, 1.82) is 0 Å². The predicted octanol–water partition coefficient (Wildman–Crippen LogP) is 8.73.